The normalized spacial score (nSPS) is 41.7. The standard InChI is InChI=1S/C14H24N2O.ClH/c1-9-4-13(5-9)16-14(17)8-10-6-11-2-3-12(7-10)15-11;/h9-13,15H,2-8H2,1H3,(H,16,17);1H. The second-order valence-electron chi connectivity index (χ2n) is 6.52. The summed E-state index contributed by atoms with van der Waals surface area (Å²) in [5.74, 6) is 1.74. The molecule has 0 aromatic rings. The van der Waals surface area contributed by atoms with E-state index in [0.717, 1.165) is 12.3 Å². The van der Waals surface area contributed by atoms with Gasteiger partial charge in [0, 0.05) is 24.5 Å². The van der Waals surface area contributed by atoms with Gasteiger partial charge in [-0.1, -0.05) is 6.92 Å². The summed E-state index contributed by atoms with van der Waals surface area (Å²) in [7, 11) is 0. The molecule has 3 fully saturated rings. The highest BCUT2D eigenvalue weighted by molar-refractivity contribution is 5.85. The van der Waals surface area contributed by atoms with Crippen LogP contribution in [-0.4, -0.2) is 24.0 Å². The molecule has 0 radical (unpaired) electrons. The summed E-state index contributed by atoms with van der Waals surface area (Å²) in [4.78, 5) is 11.9. The Bertz CT molecular complexity index is 292. The third-order valence-electron chi connectivity index (χ3n) is 4.78. The number of rotatable bonds is 3. The van der Waals surface area contributed by atoms with Crippen LogP contribution in [0.25, 0.3) is 0 Å². The largest absolute Gasteiger partial charge is 0.353 e. The zero-order valence-corrected chi connectivity index (χ0v) is 12.0. The van der Waals surface area contributed by atoms with Crippen molar-refractivity contribution in [2.24, 2.45) is 11.8 Å². The Morgan fingerprint density at radius 3 is 2.33 bits per heavy atom. The summed E-state index contributed by atoms with van der Waals surface area (Å²) in [5.41, 5.74) is 0. The molecule has 104 valence electrons. The van der Waals surface area contributed by atoms with E-state index in [1.54, 1.807) is 0 Å². The molecule has 2 saturated heterocycles. The molecule has 1 amide bonds. The maximum atomic E-state index is 11.9. The predicted molar refractivity (Wildman–Crippen MR) is 74.9 cm³/mol. The van der Waals surface area contributed by atoms with Gasteiger partial charge in [-0.05, 0) is 50.4 Å². The second kappa shape index (κ2) is 5.79. The third kappa shape index (κ3) is 3.18. The molecule has 4 heteroatoms. The average Bonchev–Trinajstić information content (AvgIpc) is 2.56. The van der Waals surface area contributed by atoms with E-state index in [9.17, 15) is 4.79 Å². The Morgan fingerprint density at radius 2 is 1.78 bits per heavy atom. The van der Waals surface area contributed by atoms with Crippen molar-refractivity contribution < 1.29 is 4.79 Å². The van der Waals surface area contributed by atoms with Gasteiger partial charge in [0.1, 0.15) is 0 Å². The molecule has 0 aromatic heterocycles. The van der Waals surface area contributed by atoms with Gasteiger partial charge in [-0.3, -0.25) is 4.79 Å². The zero-order chi connectivity index (χ0) is 11.8. The number of carbonyl (C=O) groups excluding carboxylic acids is 1. The molecule has 2 unspecified atom stereocenters. The van der Waals surface area contributed by atoms with E-state index in [2.05, 4.69) is 17.6 Å². The van der Waals surface area contributed by atoms with Crippen molar-refractivity contribution in [1.29, 1.82) is 0 Å². The number of amides is 1. The van der Waals surface area contributed by atoms with Crippen molar-refractivity contribution in [2.45, 2.75) is 70.0 Å². The monoisotopic (exact) mass is 272 g/mol. The number of halogens is 1. The van der Waals surface area contributed by atoms with Gasteiger partial charge in [-0.15, -0.1) is 12.4 Å². The van der Waals surface area contributed by atoms with E-state index >= 15 is 0 Å². The molecule has 0 spiro atoms. The third-order valence-corrected chi connectivity index (χ3v) is 4.78. The van der Waals surface area contributed by atoms with Crippen LogP contribution in [-0.2, 0) is 4.79 Å². The smallest absolute Gasteiger partial charge is 0.220 e. The van der Waals surface area contributed by atoms with Crippen LogP contribution in [0.2, 0.25) is 0 Å². The highest BCUT2D eigenvalue weighted by Gasteiger charge is 2.34. The Hall–Kier alpha value is -0.280. The minimum absolute atomic E-state index is 0. The van der Waals surface area contributed by atoms with Gasteiger partial charge in [0.15, 0.2) is 0 Å². The van der Waals surface area contributed by atoms with E-state index in [4.69, 9.17) is 0 Å². The van der Waals surface area contributed by atoms with Gasteiger partial charge >= 0.3 is 0 Å². The lowest BCUT2D eigenvalue weighted by molar-refractivity contribution is -0.123. The molecule has 2 aliphatic heterocycles. The quantitative estimate of drug-likeness (QED) is 0.827. The molecule has 2 heterocycles. The second-order valence-corrected chi connectivity index (χ2v) is 6.52. The average molecular weight is 273 g/mol. The van der Waals surface area contributed by atoms with Crippen molar-refractivity contribution in [1.82, 2.24) is 10.6 Å². The lowest BCUT2D eigenvalue weighted by atomic mass is 9.81. The molecule has 1 aliphatic carbocycles. The summed E-state index contributed by atoms with van der Waals surface area (Å²) >= 11 is 0. The molecule has 3 aliphatic rings. The van der Waals surface area contributed by atoms with E-state index in [1.807, 2.05) is 0 Å². The maximum Gasteiger partial charge on any atom is 0.220 e. The van der Waals surface area contributed by atoms with Crippen LogP contribution in [0.15, 0.2) is 0 Å². The van der Waals surface area contributed by atoms with Crippen molar-refractivity contribution in [3.63, 3.8) is 0 Å². The molecule has 3 rings (SSSR count). The minimum atomic E-state index is 0. The van der Waals surface area contributed by atoms with Crippen molar-refractivity contribution in [3.8, 4) is 0 Å². The fraction of sp³-hybridized carbons (Fsp3) is 0.929. The van der Waals surface area contributed by atoms with Crippen molar-refractivity contribution in [2.75, 3.05) is 0 Å². The first-order valence-electron chi connectivity index (χ1n) is 7.24. The first-order valence-corrected chi connectivity index (χ1v) is 7.24. The summed E-state index contributed by atoms with van der Waals surface area (Å²) in [6.45, 7) is 2.26. The van der Waals surface area contributed by atoms with E-state index < -0.39 is 0 Å². The fourth-order valence-corrected chi connectivity index (χ4v) is 3.91. The summed E-state index contributed by atoms with van der Waals surface area (Å²) in [6, 6.07) is 1.89. The Balaban J connectivity index is 0.00000120. The summed E-state index contributed by atoms with van der Waals surface area (Å²) in [5, 5.41) is 6.82. The fourth-order valence-electron chi connectivity index (χ4n) is 3.91. The van der Waals surface area contributed by atoms with Crippen molar-refractivity contribution in [3.05, 3.63) is 0 Å². The first kappa shape index (κ1) is 14.1. The van der Waals surface area contributed by atoms with E-state index in [0.29, 0.717) is 30.0 Å². The molecule has 2 N–H and O–H groups in total. The molecular weight excluding hydrogens is 248 g/mol. The van der Waals surface area contributed by atoms with Gasteiger partial charge in [-0.2, -0.15) is 0 Å². The van der Waals surface area contributed by atoms with Gasteiger partial charge in [-0.25, -0.2) is 0 Å². The Morgan fingerprint density at radius 1 is 1.17 bits per heavy atom. The molecular formula is C14H25ClN2O. The van der Waals surface area contributed by atoms with Gasteiger partial charge < -0.3 is 10.6 Å². The number of fused-ring (bicyclic) bond motifs is 2. The molecule has 1 saturated carbocycles. The van der Waals surface area contributed by atoms with Crippen LogP contribution in [0.1, 0.15) is 51.9 Å². The van der Waals surface area contributed by atoms with Gasteiger partial charge in [0.05, 0.1) is 0 Å². The number of nitrogens with one attached hydrogen (secondary N) is 2. The zero-order valence-electron chi connectivity index (χ0n) is 11.2. The van der Waals surface area contributed by atoms with Crippen LogP contribution in [0.5, 0.6) is 0 Å². The summed E-state index contributed by atoms with van der Waals surface area (Å²) < 4.78 is 0. The van der Waals surface area contributed by atoms with E-state index in [1.165, 1.54) is 38.5 Å². The first-order chi connectivity index (χ1) is 8.19. The molecule has 18 heavy (non-hydrogen) atoms. The predicted octanol–water partition coefficient (Wildman–Crippen LogP) is 2.24. The van der Waals surface area contributed by atoms with Gasteiger partial charge in [0.2, 0.25) is 5.91 Å². The summed E-state index contributed by atoms with van der Waals surface area (Å²) in [6.07, 6.45) is 8.20. The lowest BCUT2D eigenvalue weighted by Crippen LogP contribution is -2.45. The molecule has 0 aromatic carbocycles. The maximum absolute atomic E-state index is 11.9. The highest BCUT2D eigenvalue weighted by Crippen LogP contribution is 2.33. The van der Waals surface area contributed by atoms with Crippen LogP contribution in [0.4, 0.5) is 0 Å². The van der Waals surface area contributed by atoms with Crippen LogP contribution in [0.3, 0.4) is 0 Å². The lowest BCUT2D eigenvalue weighted by Gasteiger charge is -2.34. The molecule has 2 bridgehead atoms. The Labute approximate surface area is 116 Å². The van der Waals surface area contributed by atoms with Crippen LogP contribution < -0.4 is 10.6 Å². The minimum Gasteiger partial charge on any atom is -0.353 e. The van der Waals surface area contributed by atoms with E-state index in [-0.39, 0.29) is 12.4 Å². The number of piperidine rings is 1. The van der Waals surface area contributed by atoms with Gasteiger partial charge in [0.25, 0.3) is 0 Å². The Kier molecular flexibility index (Phi) is 4.54. The molecule has 3 nitrogen and oxygen atoms in total. The van der Waals surface area contributed by atoms with Crippen molar-refractivity contribution >= 4 is 18.3 Å². The number of carbonyl (C=O) groups is 1. The number of hydrogen-bond acceptors (Lipinski definition) is 2. The SMILES string of the molecule is CC1CC(NC(=O)CC2CC3CCC(C2)N3)C1.Cl. The number of hydrogen-bond donors (Lipinski definition) is 2. The highest BCUT2D eigenvalue weighted by atomic mass is 35.5. The van der Waals surface area contributed by atoms with Crippen LogP contribution in [0, 0.1) is 11.8 Å². The molecule has 2 atom stereocenters. The van der Waals surface area contributed by atoms with Crippen LogP contribution >= 0.6 is 12.4 Å². The topological polar surface area (TPSA) is 41.1 Å².